The van der Waals surface area contributed by atoms with Crippen molar-refractivity contribution in [2.45, 2.75) is 349 Å². The molecule has 0 aliphatic carbocycles. The molecule has 0 aromatic heterocycles. The van der Waals surface area contributed by atoms with Gasteiger partial charge >= 0.3 is 0 Å². The van der Waals surface area contributed by atoms with Crippen molar-refractivity contribution in [1.29, 1.82) is 0 Å². The van der Waals surface area contributed by atoms with Gasteiger partial charge in [0.2, 0.25) is 5.91 Å². The molecule has 3 fully saturated rings. The summed E-state index contributed by atoms with van der Waals surface area (Å²) in [7, 11) is 0. The summed E-state index contributed by atoms with van der Waals surface area (Å²) in [5, 5.41) is 120. The van der Waals surface area contributed by atoms with E-state index in [2.05, 4.69) is 67.8 Å². The number of unbranched alkanes of at least 4 members (excludes halogenated alkanes) is 29. The van der Waals surface area contributed by atoms with Gasteiger partial charge < -0.3 is 89.9 Å². The lowest BCUT2D eigenvalue weighted by molar-refractivity contribution is -0.379. The van der Waals surface area contributed by atoms with Crippen LogP contribution in [0.5, 0.6) is 0 Å². The van der Waals surface area contributed by atoms with Gasteiger partial charge in [-0.15, -0.1) is 0 Å². The molecule has 12 N–H and O–H groups in total. The zero-order valence-corrected chi connectivity index (χ0v) is 54.6. The Kier molecular flexibility index (Phi) is 47.0. The van der Waals surface area contributed by atoms with E-state index in [0.717, 1.165) is 77.0 Å². The number of aliphatic hydroxyl groups is 11. The fourth-order valence-corrected chi connectivity index (χ4v) is 11.7. The fraction of sp³-hybridized carbons (Fsp3) is 0.843. The first-order valence-electron chi connectivity index (χ1n) is 35.0. The quantitative estimate of drug-likeness (QED) is 0.0199. The van der Waals surface area contributed by atoms with Crippen molar-refractivity contribution in [1.82, 2.24) is 5.32 Å². The van der Waals surface area contributed by atoms with Crippen LogP contribution in [0, 0.1) is 0 Å². The van der Waals surface area contributed by atoms with Gasteiger partial charge in [0.25, 0.3) is 0 Å². The molecular formula is C70H125NO18. The van der Waals surface area contributed by atoms with Crippen molar-refractivity contribution in [3.05, 3.63) is 60.8 Å². The normalized spacial score (nSPS) is 28.6. The first-order valence-corrected chi connectivity index (χ1v) is 35.0. The highest BCUT2D eigenvalue weighted by Crippen LogP contribution is 2.33. The predicted molar refractivity (Wildman–Crippen MR) is 346 cm³/mol. The van der Waals surface area contributed by atoms with Gasteiger partial charge in [-0.3, -0.25) is 4.79 Å². The molecule has 89 heavy (non-hydrogen) atoms. The summed E-state index contributed by atoms with van der Waals surface area (Å²) in [5.41, 5.74) is 0. The van der Waals surface area contributed by atoms with Crippen LogP contribution in [0.1, 0.15) is 245 Å². The fourth-order valence-electron chi connectivity index (χ4n) is 11.7. The molecule has 3 heterocycles. The van der Waals surface area contributed by atoms with Gasteiger partial charge in [-0.25, -0.2) is 0 Å². The second kappa shape index (κ2) is 51.8. The number of hydrogen-bond acceptors (Lipinski definition) is 18. The highest BCUT2D eigenvalue weighted by atomic mass is 16.8. The lowest BCUT2D eigenvalue weighted by atomic mass is 9.96. The molecule has 3 rings (SSSR count). The summed E-state index contributed by atoms with van der Waals surface area (Å²) >= 11 is 0. The second-order valence-corrected chi connectivity index (χ2v) is 25.0. The number of hydrogen-bond donors (Lipinski definition) is 12. The lowest BCUT2D eigenvalue weighted by Crippen LogP contribution is -2.66. The number of nitrogens with one attached hydrogen (secondary N) is 1. The SMILES string of the molecule is CC/C=C\C/C=C\C/C=C\C/C=C\CCCCCCC(=O)NC(COC1OC(CO)C(OC2OC(CO)C(OC3OC(CO)C(O)C(O)C3O)C(O)C2O)C(O)C1O)C(O)/C=C/CCCCCCCCCCCCCCCCCCCCCCCCCCC. The Balaban J connectivity index is 1.43. The maximum Gasteiger partial charge on any atom is 0.220 e. The molecule has 19 nitrogen and oxygen atoms in total. The molecule has 0 spiro atoms. The zero-order valence-electron chi connectivity index (χ0n) is 54.6. The zero-order chi connectivity index (χ0) is 64.7. The van der Waals surface area contributed by atoms with Crippen molar-refractivity contribution in [3.8, 4) is 0 Å². The molecule has 3 aliphatic rings. The van der Waals surface area contributed by atoms with Gasteiger partial charge in [-0.05, 0) is 57.8 Å². The number of carbonyl (C=O) groups is 1. The molecule has 19 heteroatoms. The molecule has 0 saturated carbocycles. The van der Waals surface area contributed by atoms with Crippen LogP contribution in [-0.2, 0) is 33.2 Å². The van der Waals surface area contributed by atoms with Crippen molar-refractivity contribution < 1.29 is 89.4 Å². The third-order valence-corrected chi connectivity index (χ3v) is 17.3. The number of amides is 1. The van der Waals surface area contributed by atoms with Crippen molar-refractivity contribution in [3.63, 3.8) is 0 Å². The van der Waals surface area contributed by atoms with Gasteiger partial charge in [-0.2, -0.15) is 0 Å². The Bertz CT molecular complexity index is 1850. The van der Waals surface area contributed by atoms with E-state index in [1.54, 1.807) is 6.08 Å². The standard InChI is InChI=1S/C70H125NO18/c1-3-5-7-9-11-13-15-17-19-21-22-23-24-25-26-27-28-29-30-32-33-35-37-39-41-43-45-47-54(75)53(71-58(76)48-46-44-42-40-38-36-34-31-20-18-16-14-12-10-8-6-4-2)52-84-68-64(82)61(79)66(56(50-73)86-68)89-70-65(83)62(80)67(57(51-74)87-70)88-69-63(81)60(78)59(77)55(49-72)85-69/h6,8,12,14,18,20,34,36,45,47,53-57,59-70,72-75,77-83H,3-5,7,9-11,13,15-17,19,21-33,35,37-44,46,48-52H2,1-2H3,(H,71,76)/b8-6-,14-12-,20-18-,36-34-,47-45+. The molecule has 3 saturated heterocycles. The molecule has 3 aliphatic heterocycles. The van der Waals surface area contributed by atoms with Crippen LogP contribution in [-0.4, -0.2) is 193 Å². The Hall–Kier alpha value is -2.51. The van der Waals surface area contributed by atoms with Crippen LogP contribution in [0.25, 0.3) is 0 Å². The second-order valence-electron chi connectivity index (χ2n) is 25.0. The molecular weight excluding hydrogens is 1140 g/mol. The molecule has 0 aromatic rings. The summed E-state index contributed by atoms with van der Waals surface area (Å²) in [6.45, 7) is 1.61. The van der Waals surface area contributed by atoms with Gasteiger partial charge in [0, 0.05) is 6.42 Å². The minimum Gasteiger partial charge on any atom is -0.394 e. The van der Waals surface area contributed by atoms with E-state index in [9.17, 15) is 61.0 Å². The highest BCUT2D eigenvalue weighted by molar-refractivity contribution is 5.76. The van der Waals surface area contributed by atoms with E-state index in [4.69, 9.17) is 28.4 Å². The van der Waals surface area contributed by atoms with E-state index in [0.29, 0.717) is 6.42 Å². The summed E-state index contributed by atoms with van der Waals surface area (Å²) in [4.78, 5) is 13.4. The average molecular weight is 1270 g/mol. The van der Waals surface area contributed by atoms with E-state index < -0.39 is 124 Å². The molecule has 17 unspecified atom stereocenters. The van der Waals surface area contributed by atoms with Crippen LogP contribution in [0.3, 0.4) is 0 Å². The van der Waals surface area contributed by atoms with Gasteiger partial charge in [0.05, 0.1) is 38.6 Å². The molecule has 1 amide bonds. The number of rotatable bonds is 53. The molecule has 17 atom stereocenters. The van der Waals surface area contributed by atoms with Crippen LogP contribution < -0.4 is 5.32 Å². The first kappa shape index (κ1) is 80.7. The van der Waals surface area contributed by atoms with E-state index in [1.165, 1.54) is 141 Å². The minimum absolute atomic E-state index is 0.213. The van der Waals surface area contributed by atoms with Crippen LogP contribution >= 0.6 is 0 Å². The number of ether oxygens (including phenoxy) is 6. The van der Waals surface area contributed by atoms with Crippen LogP contribution in [0.4, 0.5) is 0 Å². The van der Waals surface area contributed by atoms with Crippen LogP contribution in [0.15, 0.2) is 60.8 Å². The number of allylic oxidation sites excluding steroid dienone is 9. The van der Waals surface area contributed by atoms with Crippen molar-refractivity contribution in [2.24, 2.45) is 0 Å². The summed E-state index contributed by atoms with van der Waals surface area (Å²) in [6.07, 6.45) is 36.3. The summed E-state index contributed by atoms with van der Waals surface area (Å²) in [6, 6.07) is -0.990. The molecule has 0 radical (unpaired) electrons. The Morgan fingerprint density at radius 1 is 0.416 bits per heavy atom. The third-order valence-electron chi connectivity index (χ3n) is 17.3. The molecule has 0 bridgehead atoms. The topological polar surface area (TPSA) is 307 Å². The third kappa shape index (κ3) is 33.9. The maximum atomic E-state index is 13.4. The Labute approximate surface area is 535 Å². The minimum atomic E-state index is -1.98. The van der Waals surface area contributed by atoms with Crippen LogP contribution in [0.2, 0.25) is 0 Å². The lowest BCUT2D eigenvalue weighted by Gasteiger charge is -2.48. The Morgan fingerprint density at radius 2 is 0.775 bits per heavy atom. The monoisotopic (exact) mass is 1270 g/mol. The maximum absolute atomic E-state index is 13.4. The van der Waals surface area contributed by atoms with Gasteiger partial charge in [0.15, 0.2) is 18.9 Å². The highest BCUT2D eigenvalue weighted by Gasteiger charge is 2.53. The Morgan fingerprint density at radius 3 is 1.21 bits per heavy atom. The smallest absolute Gasteiger partial charge is 0.220 e. The van der Waals surface area contributed by atoms with Gasteiger partial charge in [0.1, 0.15) is 73.2 Å². The average Bonchev–Trinajstić information content (AvgIpc) is 2.22. The molecule has 0 aromatic carbocycles. The van der Waals surface area contributed by atoms with E-state index in [-0.39, 0.29) is 18.9 Å². The van der Waals surface area contributed by atoms with Gasteiger partial charge in [-0.1, -0.05) is 242 Å². The van der Waals surface area contributed by atoms with E-state index in [1.807, 2.05) is 6.08 Å². The summed E-state index contributed by atoms with van der Waals surface area (Å²) < 4.78 is 34.3. The first-order chi connectivity index (χ1) is 43.3. The van der Waals surface area contributed by atoms with Crippen molar-refractivity contribution >= 4 is 5.91 Å². The number of carbonyl (C=O) groups excluding carboxylic acids is 1. The summed E-state index contributed by atoms with van der Waals surface area (Å²) in [5.74, 6) is -0.299. The van der Waals surface area contributed by atoms with E-state index >= 15 is 0 Å². The largest absolute Gasteiger partial charge is 0.394 e. The van der Waals surface area contributed by atoms with Crippen molar-refractivity contribution in [2.75, 3.05) is 26.4 Å². The predicted octanol–water partition coefficient (Wildman–Crippen LogP) is 9.16. The molecule has 518 valence electrons. The number of aliphatic hydroxyl groups excluding tert-OH is 11.